The number of halogens is 3. The van der Waals surface area contributed by atoms with Crippen molar-refractivity contribution in [3.8, 4) is 0 Å². The predicted molar refractivity (Wildman–Crippen MR) is 42.3 cm³/mol. The van der Waals surface area contributed by atoms with Crippen molar-refractivity contribution in [1.29, 1.82) is 0 Å². The second-order valence-electron chi connectivity index (χ2n) is 3.25. The average molecular weight is 229 g/mol. The number of carboxylic acids is 1. The van der Waals surface area contributed by atoms with Gasteiger partial charge in [0.15, 0.2) is 6.61 Å². The maximum atomic E-state index is 11.6. The highest BCUT2D eigenvalue weighted by Gasteiger charge is 2.33. The van der Waals surface area contributed by atoms with Crippen LogP contribution in [0.25, 0.3) is 0 Å². The zero-order valence-corrected chi connectivity index (χ0v) is 8.01. The van der Waals surface area contributed by atoms with Crippen molar-refractivity contribution in [1.82, 2.24) is 5.32 Å². The van der Waals surface area contributed by atoms with E-state index in [9.17, 15) is 22.8 Å². The van der Waals surface area contributed by atoms with E-state index in [4.69, 9.17) is 5.11 Å². The number of carbonyl (C=O) groups excluding carboxylic acids is 1. The summed E-state index contributed by atoms with van der Waals surface area (Å²) in [5.41, 5.74) is -1.68. The number of amides is 1. The van der Waals surface area contributed by atoms with Crippen LogP contribution in [-0.2, 0) is 9.53 Å². The molecule has 88 valence electrons. The minimum absolute atomic E-state index is 1.12. The fraction of sp³-hybridized carbons (Fsp3) is 0.714. The summed E-state index contributed by atoms with van der Waals surface area (Å²) in [5.74, 6) is -1.38. The van der Waals surface area contributed by atoms with E-state index in [1.165, 1.54) is 0 Å². The fourth-order valence-electron chi connectivity index (χ4n) is 0.492. The van der Waals surface area contributed by atoms with Gasteiger partial charge < -0.3 is 15.2 Å². The highest BCUT2D eigenvalue weighted by atomic mass is 19.4. The molecule has 1 amide bonds. The summed E-state index contributed by atoms with van der Waals surface area (Å²) in [7, 11) is 0. The molecule has 0 aliphatic rings. The first-order chi connectivity index (χ1) is 6.54. The molecule has 0 unspecified atom stereocenters. The Labute approximate surface area is 83.2 Å². The summed E-state index contributed by atoms with van der Waals surface area (Å²) < 4.78 is 38.5. The van der Waals surface area contributed by atoms with E-state index in [-0.39, 0.29) is 0 Å². The number of ether oxygens (including phenoxy) is 1. The standard InChI is InChI=1S/C7H10F3NO4/c1-6(2,4(12)13)11-5(14)15-3-7(8,9)10/h3H2,1-2H3,(H,11,14)(H,12,13). The van der Waals surface area contributed by atoms with E-state index in [0.717, 1.165) is 13.8 Å². The van der Waals surface area contributed by atoms with Gasteiger partial charge in [-0.05, 0) is 13.8 Å². The van der Waals surface area contributed by atoms with Crippen molar-refractivity contribution in [3.63, 3.8) is 0 Å². The number of alkyl carbamates (subject to hydrolysis) is 1. The van der Waals surface area contributed by atoms with Gasteiger partial charge in [-0.25, -0.2) is 9.59 Å². The predicted octanol–water partition coefficient (Wildman–Crippen LogP) is 1.14. The highest BCUT2D eigenvalue weighted by Crippen LogP contribution is 2.14. The van der Waals surface area contributed by atoms with Crippen molar-refractivity contribution in [2.45, 2.75) is 25.6 Å². The van der Waals surface area contributed by atoms with Crippen LogP contribution in [0.15, 0.2) is 0 Å². The Kier molecular flexibility index (Phi) is 3.94. The van der Waals surface area contributed by atoms with Gasteiger partial charge in [-0.2, -0.15) is 13.2 Å². The summed E-state index contributed by atoms with van der Waals surface area (Å²) in [6.45, 7) is 0.475. The number of rotatable bonds is 3. The van der Waals surface area contributed by atoms with Crippen LogP contribution < -0.4 is 5.32 Å². The molecule has 0 saturated carbocycles. The Morgan fingerprint density at radius 3 is 2.13 bits per heavy atom. The fourth-order valence-corrected chi connectivity index (χ4v) is 0.492. The van der Waals surface area contributed by atoms with Crippen LogP contribution in [-0.4, -0.2) is 35.5 Å². The van der Waals surface area contributed by atoms with Crippen LogP contribution in [0, 0.1) is 0 Å². The molecule has 0 aromatic rings. The second kappa shape index (κ2) is 4.37. The van der Waals surface area contributed by atoms with Gasteiger partial charge in [0.1, 0.15) is 5.54 Å². The van der Waals surface area contributed by atoms with Crippen molar-refractivity contribution in [2.24, 2.45) is 0 Å². The molecule has 0 bridgehead atoms. The summed E-state index contributed by atoms with van der Waals surface area (Å²) >= 11 is 0. The zero-order valence-electron chi connectivity index (χ0n) is 8.01. The Balaban J connectivity index is 4.11. The van der Waals surface area contributed by atoms with E-state index in [0.29, 0.717) is 0 Å². The molecule has 0 rings (SSSR count). The molecule has 0 aromatic heterocycles. The lowest BCUT2D eigenvalue weighted by Gasteiger charge is -2.20. The molecule has 0 saturated heterocycles. The number of hydrogen-bond donors (Lipinski definition) is 2. The van der Waals surface area contributed by atoms with Gasteiger partial charge in [0.25, 0.3) is 0 Å². The van der Waals surface area contributed by atoms with Crippen LogP contribution >= 0.6 is 0 Å². The van der Waals surface area contributed by atoms with Crippen LogP contribution in [0.3, 0.4) is 0 Å². The van der Waals surface area contributed by atoms with Crippen LogP contribution in [0.2, 0.25) is 0 Å². The Bertz CT molecular complexity index is 261. The quantitative estimate of drug-likeness (QED) is 0.760. The molecule has 0 fully saturated rings. The third kappa shape index (κ3) is 5.76. The van der Waals surface area contributed by atoms with Crippen LogP contribution in [0.4, 0.5) is 18.0 Å². The smallest absolute Gasteiger partial charge is 0.422 e. The molecule has 0 spiro atoms. The first-order valence-electron chi connectivity index (χ1n) is 3.80. The molecule has 2 N–H and O–H groups in total. The molecule has 0 radical (unpaired) electrons. The van der Waals surface area contributed by atoms with Crippen molar-refractivity contribution in [2.75, 3.05) is 6.61 Å². The van der Waals surface area contributed by atoms with Gasteiger partial charge in [0, 0.05) is 0 Å². The molecular formula is C7H10F3NO4. The lowest BCUT2D eigenvalue weighted by molar-refractivity contribution is -0.161. The maximum absolute atomic E-state index is 11.6. The monoisotopic (exact) mass is 229 g/mol. The molecule has 0 heterocycles. The maximum Gasteiger partial charge on any atom is 0.422 e. The summed E-state index contributed by atoms with van der Waals surface area (Å²) in [6.07, 6.45) is -6.07. The largest absolute Gasteiger partial charge is 0.480 e. The normalized spacial score (nSPS) is 12.1. The lowest BCUT2D eigenvalue weighted by atomic mass is 10.1. The minimum Gasteiger partial charge on any atom is -0.480 e. The van der Waals surface area contributed by atoms with Crippen LogP contribution in [0.1, 0.15) is 13.8 Å². The van der Waals surface area contributed by atoms with Gasteiger partial charge in [0.2, 0.25) is 0 Å². The second-order valence-corrected chi connectivity index (χ2v) is 3.25. The number of aliphatic carboxylic acids is 1. The van der Waals surface area contributed by atoms with Gasteiger partial charge >= 0.3 is 18.2 Å². The van der Waals surface area contributed by atoms with Gasteiger partial charge in [-0.1, -0.05) is 0 Å². The van der Waals surface area contributed by atoms with Crippen LogP contribution in [0.5, 0.6) is 0 Å². The molecule has 0 atom stereocenters. The average Bonchev–Trinajstić information content (AvgIpc) is 1.98. The van der Waals surface area contributed by atoms with E-state index in [1.54, 1.807) is 5.32 Å². The summed E-state index contributed by atoms with van der Waals surface area (Å²) in [4.78, 5) is 21.2. The van der Waals surface area contributed by atoms with Gasteiger partial charge in [-0.15, -0.1) is 0 Å². The van der Waals surface area contributed by atoms with E-state index < -0.39 is 30.4 Å². The summed E-state index contributed by atoms with van der Waals surface area (Å²) in [5, 5.41) is 10.3. The highest BCUT2D eigenvalue weighted by molar-refractivity contribution is 5.83. The number of carbonyl (C=O) groups is 2. The number of hydrogen-bond acceptors (Lipinski definition) is 3. The Morgan fingerprint density at radius 1 is 1.33 bits per heavy atom. The van der Waals surface area contributed by atoms with E-state index in [1.807, 2.05) is 0 Å². The van der Waals surface area contributed by atoms with Gasteiger partial charge in [0.05, 0.1) is 0 Å². The summed E-state index contributed by atoms with van der Waals surface area (Å²) in [6, 6.07) is 0. The zero-order chi connectivity index (χ0) is 12.3. The van der Waals surface area contributed by atoms with Crippen molar-refractivity contribution < 1.29 is 32.6 Å². The third-order valence-electron chi connectivity index (χ3n) is 1.32. The molecule has 5 nitrogen and oxygen atoms in total. The molecule has 15 heavy (non-hydrogen) atoms. The first kappa shape index (κ1) is 13.5. The van der Waals surface area contributed by atoms with Crippen molar-refractivity contribution in [3.05, 3.63) is 0 Å². The Hall–Kier alpha value is -1.47. The lowest BCUT2D eigenvalue weighted by Crippen LogP contribution is -2.50. The third-order valence-corrected chi connectivity index (χ3v) is 1.32. The van der Waals surface area contributed by atoms with Crippen molar-refractivity contribution >= 4 is 12.1 Å². The number of alkyl halides is 3. The minimum atomic E-state index is -4.63. The number of nitrogens with one attached hydrogen (secondary N) is 1. The number of carboxylic acid groups (broad SMARTS) is 1. The van der Waals surface area contributed by atoms with E-state index >= 15 is 0 Å². The SMILES string of the molecule is CC(C)(NC(=O)OCC(F)(F)F)C(=O)O. The molecule has 0 aliphatic heterocycles. The molecule has 8 heteroatoms. The Morgan fingerprint density at radius 2 is 1.80 bits per heavy atom. The molecule has 0 aliphatic carbocycles. The molecule has 0 aromatic carbocycles. The first-order valence-corrected chi connectivity index (χ1v) is 3.80. The molecular weight excluding hydrogens is 219 g/mol. The topological polar surface area (TPSA) is 75.6 Å². The van der Waals surface area contributed by atoms with Gasteiger partial charge in [-0.3, -0.25) is 0 Å². The van der Waals surface area contributed by atoms with E-state index in [2.05, 4.69) is 4.74 Å².